The molecule has 0 saturated carbocycles. The molecule has 0 aliphatic carbocycles. The highest BCUT2D eigenvalue weighted by atomic mass is 35.5. The van der Waals surface area contributed by atoms with Crippen molar-refractivity contribution < 1.29 is 13.6 Å². The maximum atomic E-state index is 13.9. The van der Waals surface area contributed by atoms with Gasteiger partial charge in [0.2, 0.25) is 5.91 Å². The fourth-order valence-electron chi connectivity index (χ4n) is 3.31. The van der Waals surface area contributed by atoms with Crippen LogP contribution in [-0.4, -0.2) is 19.0 Å². The monoisotopic (exact) mass is 360 g/mol. The third-order valence-electron chi connectivity index (χ3n) is 4.78. The number of hydrogen-bond donors (Lipinski definition) is 2. The van der Waals surface area contributed by atoms with Crippen molar-refractivity contribution in [2.24, 2.45) is 11.8 Å². The molecule has 1 saturated heterocycles. The van der Waals surface area contributed by atoms with E-state index in [1.807, 2.05) is 6.92 Å². The van der Waals surface area contributed by atoms with Gasteiger partial charge < -0.3 is 10.6 Å². The summed E-state index contributed by atoms with van der Waals surface area (Å²) in [7, 11) is 0. The van der Waals surface area contributed by atoms with E-state index in [-0.39, 0.29) is 18.3 Å². The molecule has 2 atom stereocenters. The Balaban J connectivity index is 0.00000288. The maximum Gasteiger partial charge on any atom is 0.220 e. The van der Waals surface area contributed by atoms with E-state index in [0.717, 1.165) is 32.0 Å². The Labute approximate surface area is 149 Å². The van der Waals surface area contributed by atoms with Gasteiger partial charge >= 0.3 is 0 Å². The van der Waals surface area contributed by atoms with Crippen molar-refractivity contribution >= 4 is 18.3 Å². The van der Waals surface area contributed by atoms with Gasteiger partial charge in [-0.05, 0) is 50.3 Å². The summed E-state index contributed by atoms with van der Waals surface area (Å²) in [6.45, 7) is 6.00. The Morgan fingerprint density at radius 2 is 2.00 bits per heavy atom. The topological polar surface area (TPSA) is 41.1 Å². The van der Waals surface area contributed by atoms with Gasteiger partial charge in [-0.3, -0.25) is 4.79 Å². The molecule has 1 aromatic rings. The van der Waals surface area contributed by atoms with Crippen molar-refractivity contribution in [3.63, 3.8) is 0 Å². The van der Waals surface area contributed by atoms with Gasteiger partial charge in [-0.15, -0.1) is 12.4 Å². The lowest BCUT2D eigenvalue weighted by atomic mass is 9.84. The first kappa shape index (κ1) is 20.8. The van der Waals surface area contributed by atoms with Crippen LogP contribution in [0.25, 0.3) is 0 Å². The molecule has 1 fully saturated rings. The van der Waals surface area contributed by atoms with Crippen LogP contribution in [0, 0.1) is 23.5 Å². The molecule has 1 aromatic carbocycles. The molecule has 1 heterocycles. The van der Waals surface area contributed by atoms with Crippen LogP contribution in [0.5, 0.6) is 0 Å². The summed E-state index contributed by atoms with van der Waals surface area (Å²) in [5, 5.41) is 6.22. The zero-order chi connectivity index (χ0) is 16.8. The molecule has 0 radical (unpaired) electrons. The van der Waals surface area contributed by atoms with Gasteiger partial charge in [-0.1, -0.05) is 19.9 Å². The van der Waals surface area contributed by atoms with Crippen LogP contribution in [-0.2, 0) is 4.79 Å². The number of rotatable bonds is 6. The average molecular weight is 361 g/mol. The molecular formula is C18H27ClF2N2O. The number of carbonyl (C=O) groups is 1. The number of nitrogens with one attached hydrogen (secondary N) is 2. The Hall–Kier alpha value is -1.20. The standard InChI is InChI=1S/C18H26F2N2O.ClH/c1-3-17(15-5-4-14(19)11-16(15)20)22-18(23)10-12(2)13-6-8-21-9-7-13;/h4-5,11-13,17,21H,3,6-10H2,1-2H3,(H,22,23);1H. The van der Waals surface area contributed by atoms with E-state index in [9.17, 15) is 13.6 Å². The molecule has 6 heteroatoms. The lowest BCUT2D eigenvalue weighted by Crippen LogP contribution is -2.34. The average Bonchev–Trinajstić information content (AvgIpc) is 2.54. The maximum absolute atomic E-state index is 13.9. The lowest BCUT2D eigenvalue weighted by molar-refractivity contribution is -0.123. The molecule has 24 heavy (non-hydrogen) atoms. The second-order valence-corrected chi connectivity index (χ2v) is 6.46. The lowest BCUT2D eigenvalue weighted by Gasteiger charge is -2.28. The smallest absolute Gasteiger partial charge is 0.220 e. The van der Waals surface area contributed by atoms with Crippen molar-refractivity contribution in [1.82, 2.24) is 10.6 Å². The fraction of sp³-hybridized carbons (Fsp3) is 0.611. The van der Waals surface area contributed by atoms with Crippen LogP contribution in [0.3, 0.4) is 0 Å². The summed E-state index contributed by atoms with van der Waals surface area (Å²) >= 11 is 0. The molecule has 1 aliphatic rings. The Kier molecular flexibility index (Phi) is 8.63. The molecule has 3 nitrogen and oxygen atoms in total. The fourth-order valence-corrected chi connectivity index (χ4v) is 3.31. The summed E-state index contributed by atoms with van der Waals surface area (Å²) in [4.78, 5) is 12.3. The van der Waals surface area contributed by atoms with Crippen LogP contribution < -0.4 is 10.6 Å². The SMILES string of the molecule is CCC(NC(=O)CC(C)C1CCNCC1)c1ccc(F)cc1F.Cl. The summed E-state index contributed by atoms with van der Waals surface area (Å²) in [5.41, 5.74) is 0.344. The molecule has 1 aliphatic heterocycles. The van der Waals surface area contributed by atoms with Crippen molar-refractivity contribution in [1.29, 1.82) is 0 Å². The van der Waals surface area contributed by atoms with Crippen molar-refractivity contribution in [2.75, 3.05) is 13.1 Å². The first-order valence-corrected chi connectivity index (χ1v) is 8.46. The minimum atomic E-state index is -0.608. The predicted molar refractivity (Wildman–Crippen MR) is 94.2 cm³/mol. The van der Waals surface area contributed by atoms with Gasteiger partial charge in [0.1, 0.15) is 11.6 Å². The molecule has 2 N–H and O–H groups in total. The van der Waals surface area contributed by atoms with E-state index < -0.39 is 17.7 Å². The first-order chi connectivity index (χ1) is 11.0. The summed E-state index contributed by atoms with van der Waals surface area (Å²) in [5.74, 6) is -0.403. The number of amides is 1. The molecule has 136 valence electrons. The number of carbonyl (C=O) groups excluding carboxylic acids is 1. The molecule has 0 bridgehead atoms. The van der Waals surface area contributed by atoms with Gasteiger partial charge in [0, 0.05) is 18.1 Å². The molecule has 2 rings (SSSR count). The minimum Gasteiger partial charge on any atom is -0.349 e. The van der Waals surface area contributed by atoms with Crippen molar-refractivity contribution in [3.8, 4) is 0 Å². The van der Waals surface area contributed by atoms with E-state index in [0.29, 0.717) is 30.2 Å². The molecule has 2 unspecified atom stereocenters. The van der Waals surface area contributed by atoms with Gasteiger partial charge in [0.05, 0.1) is 6.04 Å². The second-order valence-electron chi connectivity index (χ2n) is 6.46. The Morgan fingerprint density at radius 3 is 2.58 bits per heavy atom. The number of hydrogen-bond acceptors (Lipinski definition) is 2. The highest BCUT2D eigenvalue weighted by Gasteiger charge is 2.23. The molecular weight excluding hydrogens is 334 g/mol. The largest absolute Gasteiger partial charge is 0.349 e. The van der Waals surface area contributed by atoms with Gasteiger partial charge in [0.15, 0.2) is 0 Å². The van der Waals surface area contributed by atoms with Crippen LogP contribution >= 0.6 is 12.4 Å². The molecule has 1 amide bonds. The van der Waals surface area contributed by atoms with Crippen LogP contribution in [0.4, 0.5) is 8.78 Å². The zero-order valence-electron chi connectivity index (χ0n) is 14.3. The highest BCUT2D eigenvalue weighted by molar-refractivity contribution is 5.85. The molecule has 0 aromatic heterocycles. The number of halogens is 3. The first-order valence-electron chi connectivity index (χ1n) is 8.46. The Bertz CT molecular complexity index is 536. The van der Waals surface area contributed by atoms with Crippen molar-refractivity contribution in [2.45, 2.75) is 45.6 Å². The highest BCUT2D eigenvalue weighted by Crippen LogP contribution is 2.25. The summed E-state index contributed by atoms with van der Waals surface area (Å²) in [6, 6.07) is 3.09. The van der Waals surface area contributed by atoms with E-state index in [4.69, 9.17) is 0 Å². The number of benzene rings is 1. The van der Waals surface area contributed by atoms with E-state index in [1.165, 1.54) is 12.1 Å². The zero-order valence-corrected chi connectivity index (χ0v) is 15.1. The van der Waals surface area contributed by atoms with E-state index >= 15 is 0 Å². The number of piperidine rings is 1. The molecule has 0 spiro atoms. The van der Waals surface area contributed by atoms with Gasteiger partial charge in [-0.2, -0.15) is 0 Å². The van der Waals surface area contributed by atoms with E-state index in [1.54, 1.807) is 0 Å². The quantitative estimate of drug-likeness (QED) is 0.805. The van der Waals surface area contributed by atoms with E-state index in [2.05, 4.69) is 17.6 Å². The van der Waals surface area contributed by atoms with Crippen LogP contribution in [0.2, 0.25) is 0 Å². The van der Waals surface area contributed by atoms with Crippen LogP contribution in [0.15, 0.2) is 18.2 Å². The minimum absolute atomic E-state index is 0. The van der Waals surface area contributed by atoms with Crippen molar-refractivity contribution in [3.05, 3.63) is 35.4 Å². The van der Waals surface area contributed by atoms with Crippen LogP contribution in [0.1, 0.15) is 51.1 Å². The Morgan fingerprint density at radius 1 is 1.33 bits per heavy atom. The normalized spacial score (nSPS) is 17.7. The van der Waals surface area contributed by atoms with Gasteiger partial charge in [-0.25, -0.2) is 8.78 Å². The second kappa shape index (κ2) is 9.94. The van der Waals surface area contributed by atoms with Gasteiger partial charge in [0.25, 0.3) is 0 Å². The third kappa shape index (κ3) is 5.71. The predicted octanol–water partition coefficient (Wildman–Crippen LogP) is 3.98. The summed E-state index contributed by atoms with van der Waals surface area (Å²) < 4.78 is 26.9. The summed E-state index contributed by atoms with van der Waals surface area (Å²) in [6.07, 6.45) is 3.20. The third-order valence-corrected chi connectivity index (χ3v) is 4.78.